The van der Waals surface area contributed by atoms with Crippen molar-refractivity contribution in [2.24, 2.45) is 0 Å². The van der Waals surface area contributed by atoms with Crippen LogP contribution in [0.2, 0.25) is 39.3 Å². The molecule has 0 fully saturated rings. The van der Waals surface area contributed by atoms with E-state index in [1.807, 2.05) is 0 Å². The Labute approximate surface area is 102 Å². The van der Waals surface area contributed by atoms with Crippen molar-refractivity contribution in [3.8, 4) is 0 Å². The van der Waals surface area contributed by atoms with Crippen molar-refractivity contribution in [3.05, 3.63) is 29.6 Å². The van der Waals surface area contributed by atoms with Crippen LogP contribution in [-0.4, -0.2) is 21.1 Å². The fraction of sp³-hybridized carbons (Fsp3) is 0.615. The summed E-state index contributed by atoms with van der Waals surface area (Å²) in [5, 5.41) is 0. The smallest absolute Gasteiger partial charge is 0.0506 e. The van der Waals surface area contributed by atoms with Crippen molar-refractivity contribution in [3.63, 3.8) is 0 Å². The third kappa shape index (κ3) is 5.61. The van der Waals surface area contributed by atoms with E-state index in [2.05, 4.69) is 57.5 Å². The summed E-state index contributed by atoms with van der Waals surface area (Å²) in [6.07, 6.45) is 0. The average molecular weight is 252 g/mol. The maximum Gasteiger partial charge on any atom is 0.0506 e. The summed E-state index contributed by atoms with van der Waals surface area (Å²) in [4.78, 5) is 4.81. The molecule has 0 aliphatic rings. The van der Waals surface area contributed by atoms with E-state index in [1.54, 1.807) is 0 Å². The predicted molar refractivity (Wildman–Crippen MR) is 78.3 cm³/mol. The van der Waals surface area contributed by atoms with Crippen LogP contribution in [-0.2, 0) is 12.1 Å². The molecule has 0 unspecified atom stereocenters. The molecule has 1 aromatic rings. The molecule has 0 saturated carbocycles. The van der Waals surface area contributed by atoms with Crippen LogP contribution in [0.3, 0.4) is 0 Å². The van der Waals surface area contributed by atoms with Crippen LogP contribution < -0.4 is 0 Å². The number of hydrogen-bond donors (Lipinski definition) is 0. The van der Waals surface area contributed by atoms with Crippen molar-refractivity contribution < 1.29 is 0 Å². The highest BCUT2D eigenvalue weighted by Gasteiger charge is 2.17. The third-order valence-corrected chi connectivity index (χ3v) is 5.13. The molecular weight excluding hydrogens is 226 g/mol. The van der Waals surface area contributed by atoms with Crippen LogP contribution in [0.25, 0.3) is 0 Å². The number of nitrogens with zero attached hydrogens (tertiary/aromatic N) is 1. The van der Waals surface area contributed by atoms with E-state index in [1.165, 1.54) is 23.5 Å². The molecule has 0 spiro atoms. The molecule has 90 valence electrons. The molecule has 0 aliphatic carbocycles. The first-order valence-electron chi connectivity index (χ1n) is 6.11. The zero-order chi connectivity index (χ0) is 12.4. The van der Waals surface area contributed by atoms with Crippen molar-refractivity contribution >= 4 is 16.1 Å². The summed E-state index contributed by atoms with van der Waals surface area (Å²) in [6.45, 7) is 14.4. The molecule has 1 rings (SSSR count). The molecule has 0 atom stereocenters. The standard InChI is InChI=1S/C13H25NSi2/c1-15(2,3)10-12-8-7-9-13(14-12)11-16(4,5)6/h7-9H,10-11H2,1-6H3. The van der Waals surface area contributed by atoms with E-state index in [-0.39, 0.29) is 0 Å². The molecule has 0 radical (unpaired) electrons. The third-order valence-electron chi connectivity index (χ3n) is 2.29. The van der Waals surface area contributed by atoms with Crippen LogP contribution in [0.5, 0.6) is 0 Å². The quantitative estimate of drug-likeness (QED) is 0.739. The lowest BCUT2D eigenvalue weighted by Gasteiger charge is -2.18. The van der Waals surface area contributed by atoms with Gasteiger partial charge in [-0.3, -0.25) is 4.98 Å². The van der Waals surface area contributed by atoms with Gasteiger partial charge in [-0.15, -0.1) is 0 Å². The summed E-state index contributed by atoms with van der Waals surface area (Å²) in [5.41, 5.74) is 2.60. The lowest BCUT2D eigenvalue weighted by molar-refractivity contribution is 1.05. The van der Waals surface area contributed by atoms with E-state index in [4.69, 9.17) is 4.98 Å². The summed E-state index contributed by atoms with van der Waals surface area (Å²) in [5.74, 6) is 0. The Morgan fingerprint density at radius 1 is 0.812 bits per heavy atom. The summed E-state index contributed by atoms with van der Waals surface area (Å²) >= 11 is 0. The Morgan fingerprint density at radius 3 is 1.50 bits per heavy atom. The van der Waals surface area contributed by atoms with E-state index in [9.17, 15) is 0 Å². The van der Waals surface area contributed by atoms with Crippen LogP contribution >= 0.6 is 0 Å². The second kappa shape index (κ2) is 4.84. The van der Waals surface area contributed by atoms with Crippen LogP contribution in [0.4, 0.5) is 0 Å². The van der Waals surface area contributed by atoms with Gasteiger partial charge in [0, 0.05) is 11.4 Å². The summed E-state index contributed by atoms with van der Waals surface area (Å²) in [6, 6.07) is 8.95. The maximum absolute atomic E-state index is 4.81. The highest BCUT2D eigenvalue weighted by atomic mass is 28.3. The molecule has 0 N–H and O–H groups in total. The molecule has 0 saturated heterocycles. The van der Waals surface area contributed by atoms with Gasteiger partial charge in [-0.1, -0.05) is 45.3 Å². The average Bonchev–Trinajstić information content (AvgIpc) is 1.96. The van der Waals surface area contributed by atoms with Crippen LogP contribution in [0.15, 0.2) is 18.2 Å². The van der Waals surface area contributed by atoms with Crippen molar-refractivity contribution in [2.75, 3.05) is 0 Å². The Hall–Kier alpha value is -0.416. The molecule has 0 aromatic carbocycles. The largest absolute Gasteiger partial charge is 0.259 e. The molecule has 1 nitrogen and oxygen atoms in total. The SMILES string of the molecule is C[Si](C)(C)Cc1cccc(C[Si](C)(C)C)n1. The first kappa shape index (κ1) is 13.6. The van der Waals surface area contributed by atoms with Gasteiger partial charge in [-0.05, 0) is 24.2 Å². The van der Waals surface area contributed by atoms with Gasteiger partial charge in [0.2, 0.25) is 0 Å². The molecule has 3 heteroatoms. The normalized spacial score (nSPS) is 12.9. The number of aromatic nitrogens is 1. The van der Waals surface area contributed by atoms with Crippen LogP contribution in [0.1, 0.15) is 11.4 Å². The summed E-state index contributed by atoms with van der Waals surface area (Å²) < 4.78 is 0. The van der Waals surface area contributed by atoms with E-state index < -0.39 is 16.1 Å². The minimum absolute atomic E-state index is 1.03. The van der Waals surface area contributed by atoms with Gasteiger partial charge < -0.3 is 0 Å². The minimum Gasteiger partial charge on any atom is -0.259 e. The molecular formula is C13H25NSi2. The van der Waals surface area contributed by atoms with Gasteiger partial charge >= 0.3 is 0 Å². The topological polar surface area (TPSA) is 12.9 Å². The molecule has 0 amide bonds. The van der Waals surface area contributed by atoms with Gasteiger partial charge in [0.05, 0.1) is 16.1 Å². The highest BCUT2D eigenvalue weighted by molar-refractivity contribution is 6.75. The van der Waals surface area contributed by atoms with Crippen LogP contribution in [0, 0.1) is 0 Å². The highest BCUT2D eigenvalue weighted by Crippen LogP contribution is 2.13. The first-order valence-corrected chi connectivity index (χ1v) is 13.5. The minimum atomic E-state index is -1.03. The second-order valence-corrected chi connectivity index (χ2v) is 18.0. The summed E-state index contributed by atoms with van der Waals surface area (Å²) in [7, 11) is -2.06. The van der Waals surface area contributed by atoms with Gasteiger partial charge in [-0.2, -0.15) is 0 Å². The zero-order valence-corrected chi connectivity index (χ0v) is 13.6. The monoisotopic (exact) mass is 251 g/mol. The Kier molecular flexibility index (Phi) is 4.13. The van der Waals surface area contributed by atoms with Gasteiger partial charge in [-0.25, -0.2) is 0 Å². The maximum atomic E-state index is 4.81. The lowest BCUT2D eigenvalue weighted by atomic mass is 10.3. The lowest BCUT2D eigenvalue weighted by Crippen LogP contribution is -2.26. The number of hydrogen-bond acceptors (Lipinski definition) is 1. The first-order chi connectivity index (χ1) is 7.16. The van der Waals surface area contributed by atoms with E-state index >= 15 is 0 Å². The number of pyridine rings is 1. The number of rotatable bonds is 4. The Bertz CT molecular complexity index is 316. The molecule has 0 bridgehead atoms. The second-order valence-electron chi connectivity index (χ2n) is 7.10. The Morgan fingerprint density at radius 2 is 1.19 bits per heavy atom. The predicted octanol–water partition coefficient (Wildman–Crippen LogP) is 3.92. The zero-order valence-electron chi connectivity index (χ0n) is 11.6. The van der Waals surface area contributed by atoms with E-state index in [0.717, 1.165) is 0 Å². The Balaban J connectivity index is 2.79. The fourth-order valence-corrected chi connectivity index (χ4v) is 4.38. The molecule has 16 heavy (non-hydrogen) atoms. The van der Waals surface area contributed by atoms with Gasteiger partial charge in [0.1, 0.15) is 0 Å². The van der Waals surface area contributed by atoms with Crippen molar-refractivity contribution in [1.82, 2.24) is 4.98 Å². The molecule has 1 heterocycles. The molecule has 0 aliphatic heterocycles. The van der Waals surface area contributed by atoms with Crippen molar-refractivity contribution in [1.29, 1.82) is 0 Å². The van der Waals surface area contributed by atoms with E-state index in [0.29, 0.717) is 0 Å². The van der Waals surface area contributed by atoms with Crippen molar-refractivity contribution in [2.45, 2.75) is 51.4 Å². The fourth-order valence-electron chi connectivity index (χ4n) is 1.81. The molecule has 1 aromatic heterocycles. The van der Waals surface area contributed by atoms with Gasteiger partial charge in [0.15, 0.2) is 0 Å². The van der Waals surface area contributed by atoms with Gasteiger partial charge in [0.25, 0.3) is 0 Å².